The van der Waals surface area contributed by atoms with Crippen molar-refractivity contribution >= 4 is 12.0 Å². The van der Waals surface area contributed by atoms with E-state index in [0.717, 1.165) is 25.9 Å². The molecule has 1 aliphatic heterocycles. The number of hydrogen-bond donors (Lipinski definition) is 1. The van der Waals surface area contributed by atoms with Crippen LogP contribution in [0.3, 0.4) is 0 Å². The van der Waals surface area contributed by atoms with E-state index < -0.39 is 12.1 Å². The van der Waals surface area contributed by atoms with E-state index in [9.17, 15) is 9.59 Å². The third-order valence-electron chi connectivity index (χ3n) is 2.90. The first-order valence-electron chi connectivity index (χ1n) is 6.18. The van der Waals surface area contributed by atoms with Crippen LogP contribution in [-0.2, 0) is 9.53 Å². The highest BCUT2D eigenvalue weighted by Gasteiger charge is 2.28. The molecule has 0 aromatic carbocycles. The Labute approximate surface area is 102 Å². The van der Waals surface area contributed by atoms with Crippen molar-refractivity contribution < 1.29 is 14.3 Å². The van der Waals surface area contributed by atoms with Crippen LogP contribution < -0.4 is 5.32 Å². The van der Waals surface area contributed by atoms with Gasteiger partial charge in [0, 0.05) is 13.1 Å². The van der Waals surface area contributed by atoms with E-state index in [2.05, 4.69) is 10.1 Å². The maximum absolute atomic E-state index is 12.2. The first-order chi connectivity index (χ1) is 8.04. The van der Waals surface area contributed by atoms with Gasteiger partial charge in [-0.25, -0.2) is 4.79 Å². The molecule has 5 nitrogen and oxygen atoms in total. The van der Waals surface area contributed by atoms with Gasteiger partial charge in [0.25, 0.3) is 0 Å². The monoisotopic (exact) mass is 242 g/mol. The predicted molar refractivity (Wildman–Crippen MR) is 64.6 cm³/mol. The van der Waals surface area contributed by atoms with Gasteiger partial charge in [-0.1, -0.05) is 13.8 Å². The molecule has 0 radical (unpaired) electrons. The van der Waals surface area contributed by atoms with Gasteiger partial charge in [0.1, 0.15) is 6.04 Å². The van der Waals surface area contributed by atoms with Gasteiger partial charge in [-0.3, -0.25) is 4.79 Å². The van der Waals surface area contributed by atoms with Crippen LogP contribution >= 0.6 is 0 Å². The molecule has 17 heavy (non-hydrogen) atoms. The molecule has 98 valence electrons. The van der Waals surface area contributed by atoms with Gasteiger partial charge >= 0.3 is 6.09 Å². The quantitative estimate of drug-likeness (QED) is 0.810. The Kier molecular flexibility index (Phi) is 5.25. The molecule has 1 aliphatic rings. The van der Waals surface area contributed by atoms with Gasteiger partial charge < -0.3 is 15.0 Å². The minimum absolute atomic E-state index is 0.0154. The molecule has 1 heterocycles. The Balaban J connectivity index is 2.60. The van der Waals surface area contributed by atoms with Crippen molar-refractivity contribution in [2.45, 2.75) is 39.2 Å². The lowest BCUT2D eigenvalue weighted by Gasteiger charge is -2.24. The number of rotatable bonds is 4. The lowest BCUT2D eigenvalue weighted by Crippen LogP contribution is -2.48. The maximum atomic E-state index is 12.2. The second-order valence-electron chi connectivity index (χ2n) is 4.85. The number of nitrogens with one attached hydrogen (secondary N) is 1. The molecule has 0 aromatic heterocycles. The molecule has 0 bridgehead atoms. The fourth-order valence-electron chi connectivity index (χ4n) is 2.05. The van der Waals surface area contributed by atoms with E-state index in [1.54, 1.807) is 0 Å². The lowest BCUT2D eigenvalue weighted by molar-refractivity contribution is -0.132. The fourth-order valence-corrected chi connectivity index (χ4v) is 2.05. The van der Waals surface area contributed by atoms with Crippen molar-refractivity contribution in [2.24, 2.45) is 5.92 Å². The number of carbonyl (C=O) groups is 2. The molecule has 0 spiro atoms. The zero-order valence-corrected chi connectivity index (χ0v) is 10.9. The van der Waals surface area contributed by atoms with E-state index in [0.29, 0.717) is 12.3 Å². The molecular weight excluding hydrogens is 220 g/mol. The SMILES string of the molecule is COC(=O)N[C@H](CC(C)C)C(=O)N1CCCC1. The second-order valence-corrected chi connectivity index (χ2v) is 4.85. The van der Waals surface area contributed by atoms with Crippen LogP contribution in [0.4, 0.5) is 4.79 Å². The molecule has 2 amide bonds. The molecule has 0 aliphatic carbocycles. The zero-order chi connectivity index (χ0) is 12.8. The van der Waals surface area contributed by atoms with Crippen LogP contribution in [0.2, 0.25) is 0 Å². The highest BCUT2D eigenvalue weighted by atomic mass is 16.5. The molecule has 5 heteroatoms. The number of nitrogens with zero attached hydrogens (tertiary/aromatic N) is 1. The Bertz CT molecular complexity index is 273. The van der Waals surface area contributed by atoms with Crippen LogP contribution in [0.15, 0.2) is 0 Å². The van der Waals surface area contributed by atoms with Crippen LogP contribution in [0, 0.1) is 5.92 Å². The van der Waals surface area contributed by atoms with E-state index in [1.807, 2.05) is 18.7 Å². The average Bonchev–Trinajstić information content (AvgIpc) is 2.79. The summed E-state index contributed by atoms with van der Waals surface area (Å²) in [5.74, 6) is 0.366. The summed E-state index contributed by atoms with van der Waals surface area (Å²) in [4.78, 5) is 25.2. The Morgan fingerprint density at radius 2 is 1.88 bits per heavy atom. The van der Waals surface area contributed by atoms with Gasteiger partial charge in [-0.05, 0) is 25.2 Å². The fraction of sp³-hybridized carbons (Fsp3) is 0.833. The van der Waals surface area contributed by atoms with Gasteiger partial charge in [0.05, 0.1) is 7.11 Å². The molecule has 1 rings (SSSR count). The van der Waals surface area contributed by atoms with Crippen LogP contribution in [-0.4, -0.2) is 43.1 Å². The number of alkyl carbamates (subject to hydrolysis) is 1. The predicted octanol–water partition coefficient (Wildman–Crippen LogP) is 1.38. The standard InChI is InChI=1S/C12H22N2O3/c1-9(2)8-10(13-12(16)17-3)11(15)14-6-4-5-7-14/h9-10H,4-8H2,1-3H3,(H,13,16)/t10-/m1/s1. The van der Waals surface area contributed by atoms with E-state index >= 15 is 0 Å². The number of ether oxygens (including phenoxy) is 1. The summed E-state index contributed by atoms with van der Waals surface area (Å²) in [5.41, 5.74) is 0. The molecule has 0 unspecified atom stereocenters. The highest BCUT2D eigenvalue weighted by molar-refractivity contribution is 5.85. The third kappa shape index (κ3) is 4.24. The summed E-state index contributed by atoms with van der Waals surface area (Å²) in [5, 5.41) is 2.62. The van der Waals surface area contributed by atoms with Crippen LogP contribution in [0.1, 0.15) is 33.1 Å². The second kappa shape index (κ2) is 6.47. The third-order valence-corrected chi connectivity index (χ3v) is 2.90. The Morgan fingerprint density at radius 3 is 2.35 bits per heavy atom. The first kappa shape index (κ1) is 13.8. The molecule has 0 saturated carbocycles. The van der Waals surface area contributed by atoms with Crippen molar-refractivity contribution in [2.75, 3.05) is 20.2 Å². The lowest BCUT2D eigenvalue weighted by atomic mass is 10.0. The number of carbonyl (C=O) groups excluding carboxylic acids is 2. The smallest absolute Gasteiger partial charge is 0.407 e. The molecule has 1 atom stereocenters. The van der Waals surface area contributed by atoms with Crippen LogP contribution in [0.25, 0.3) is 0 Å². The van der Waals surface area contributed by atoms with Crippen molar-refractivity contribution in [3.63, 3.8) is 0 Å². The normalized spacial score (nSPS) is 17.1. The van der Waals surface area contributed by atoms with E-state index in [4.69, 9.17) is 0 Å². The van der Waals surface area contributed by atoms with Crippen molar-refractivity contribution in [1.29, 1.82) is 0 Å². The van der Waals surface area contributed by atoms with Gasteiger partial charge in [-0.15, -0.1) is 0 Å². The summed E-state index contributed by atoms with van der Waals surface area (Å²) < 4.78 is 4.55. The molecule has 1 saturated heterocycles. The number of hydrogen-bond acceptors (Lipinski definition) is 3. The number of likely N-dealkylation sites (tertiary alicyclic amines) is 1. The summed E-state index contributed by atoms with van der Waals surface area (Å²) in [6.45, 7) is 5.67. The summed E-state index contributed by atoms with van der Waals surface area (Å²) in [6, 6.07) is -0.458. The topological polar surface area (TPSA) is 58.6 Å². The minimum atomic E-state index is -0.539. The maximum Gasteiger partial charge on any atom is 0.407 e. The van der Waals surface area contributed by atoms with Crippen molar-refractivity contribution in [3.8, 4) is 0 Å². The largest absolute Gasteiger partial charge is 0.453 e. The van der Waals surface area contributed by atoms with Gasteiger partial charge in [0.15, 0.2) is 0 Å². The van der Waals surface area contributed by atoms with Crippen LogP contribution in [0.5, 0.6) is 0 Å². The van der Waals surface area contributed by atoms with Crippen molar-refractivity contribution in [3.05, 3.63) is 0 Å². The molecular formula is C12H22N2O3. The van der Waals surface area contributed by atoms with Gasteiger partial charge in [0.2, 0.25) is 5.91 Å². The molecule has 1 N–H and O–H groups in total. The number of methoxy groups -OCH3 is 1. The summed E-state index contributed by atoms with van der Waals surface area (Å²) in [7, 11) is 1.31. The zero-order valence-electron chi connectivity index (χ0n) is 10.9. The highest BCUT2D eigenvalue weighted by Crippen LogP contribution is 2.13. The van der Waals surface area contributed by atoms with Crippen molar-refractivity contribution in [1.82, 2.24) is 10.2 Å². The van der Waals surface area contributed by atoms with E-state index in [1.165, 1.54) is 7.11 Å². The molecule has 1 fully saturated rings. The average molecular weight is 242 g/mol. The van der Waals surface area contributed by atoms with E-state index in [-0.39, 0.29) is 5.91 Å². The molecule has 0 aromatic rings. The minimum Gasteiger partial charge on any atom is -0.453 e. The summed E-state index contributed by atoms with van der Waals surface area (Å²) >= 11 is 0. The number of amides is 2. The Morgan fingerprint density at radius 1 is 1.29 bits per heavy atom. The summed E-state index contributed by atoms with van der Waals surface area (Å²) in [6.07, 6.45) is 2.21. The Hall–Kier alpha value is -1.26. The first-order valence-corrected chi connectivity index (χ1v) is 6.18. The van der Waals surface area contributed by atoms with Gasteiger partial charge in [-0.2, -0.15) is 0 Å².